The predicted octanol–water partition coefficient (Wildman–Crippen LogP) is -7.22. The molecule has 0 aromatic carbocycles. The molecule has 0 N–H and O–H groups in total. The number of rotatable bonds is 0. The maximum atomic E-state index is 10.2. The van der Waals surface area contributed by atoms with Crippen molar-refractivity contribution < 1.29 is 78.9 Å². The van der Waals surface area contributed by atoms with Crippen LogP contribution in [0.3, 0.4) is 0 Å². The minimum atomic E-state index is -1.77. The normalized spacial score (nSPS) is 9.15. The third kappa shape index (κ3) is 6.76. The number of hydrogen-bond acceptors (Lipinski definition) is 4. The molecule has 7 heteroatoms. The summed E-state index contributed by atoms with van der Waals surface area (Å²) in [5.74, 6) is 0. The average molecular weight is 205 g/mol. The molecule has 0 radical (unpaired) electrons. The second-order valence-corrected chi connectivity index (χ2v) is 3.04. The van der Waals surface area contributed by atoms with Crippen LogP contribution in [0.4, 0.5) is 9.59 Å². The summed E-state index contributed by atoms with van der Waals surface area (Å²) in [7, 11) is 0. The third-order valence-electron chi connectivity index (χ3n) is 1.04. The van der Waals surface area contributed by atoms with Crippen LogP contribution < -0.4 is 69.3 Å². The van der Waals surface area contributed by atoms with E-state index in [9.17, 15) is 19.8 Å². The Labute approximate surface area is 121 Å². The van der Waals surface area contributed by atoms with E-state index in [1.165, 1.54) is 20.8 Å². The molecule has 0 spiro atoms. The zero-order valence-electron chi connectivity index (χ0n) is 8.58. The molecule has 0 aromatic heterocycles. The summed E-state index contributed by atoms with van der Waals surface area (Å²) in [6, 6.07) is 0. The van der Waals surface area contributed by atoms with Crippen molar-refractivity contribution in [2.45, 2.75) is 26.3 Å². The van der Waals surface area contributed by atoms with E-state index < -0.39 is 17.7 Å². The van der Waals surface area contributed by atoms with Crippen molar-refractivity contribution in [1.82, 2.24) is 4.90 Å². The van der Waals surface area contributed by atoms with Gasteiger partial charge in [0, 0.05) is 5.54 Å². The Balaban J connectivity index is -0.000000500. The van der Waals surface area contributed by atoms with Crippen LogP contribution >= 0.6 is 0 Å². The fourth-order valence-corrected chi connectivity index (χ4v) is 0.622. The van der Waals surface area contributed by atoms with Crippen molar-refractivity contribution in [3.63, 3.8) is 0 Å². The first-order chi connectivity index (χ1) is 4.76. The Morgan fingerprint density at radius 2 is 1.23 bits per heavy atom. The Bertz CT molecular complexity index is 176. The molecule has 64 valence electrons. The number of carbonyl (C=O) groups excluding carboxylic acids is 2. The standard InChI is InChI=1S/C6H11NO4.2Na/c1-6(2,3)7(4(8)9)5(10)11;;/h1-3H3,(H,8,9)(H,10,11);;/q;2*+1/p-2. The molecule has 0 aliphatic carbocycles. The van der Waals surface area contributed by atoms with Gasteiger partial charge in [-0.1, -0.05) is 0 Å². The molecule has 2 amide bonds. The van der Waals surface area contributed by atoms with E-state index in [4.69, 9.17) is 0 Å². The topological polar surface area (TPSA) is 83.5 Å². The largest absolute Gasteiger partial charge is 1.00 e. The smallest absolute Gasteiger partial charge is 0.530 e. The molecule has 0 aliphatic rings. The second kappa shape index (κ2) is 7.09. The molecule has 0 aromatic rings. The maximum absolute atomic E-state index is 10.2. The van der Waals surface area contributed by atoms with E-state index in [1.807, 2.05) is 0 Å². The van der Waals surface area contributed by atoms with E-state index >= 15 is 0 Å². The molecule has 0 unspecified atom stereocenters. The van der Waals surface area contributed by atoms with Gasteiger partial charge in [-0.2, -0.15) is 0 Å². The van der Waals surface area contributed by atoms with Crippen LogP contribution in [0.5, 0.6) is 0 Å². The molecule has 5 nitrogen and oxygen atoms in total. The van der Waals surface area contributed by atoms with Crippen molar-refractivity contribution in [3.05, 3.63) is 0 Å². The first-order valence-electron chi connectivity index (χ1n) is 2.99. The van der Waals surface area contributed by atoms with Gasteiger partial charge in [-0.05, 0) is 20.8 Å². The third-order valence-corrected chi connectivity index (χ3v) is 1.04. The van der Waals surface area contributed by atoms with Crippen LogP contribution in [0.1, 0.15) is 20.8 Å². The summed E-state index contributed by atoms with van der Waals surface area (Å²) < 4.78 is 0. The number of amides is 2. The first-order valence-corrected chi connectivity index (χ1v) is 2.99. The van der Waals surface area contributed by atoms with Crippen LogP contribution in [-0.4, -0.2) is 22.6 Å². The Kier molecular flexibility index (Phi) is 10.5. The second-order valence-electron chi connectivity index (χ2n) is 3.04. The number of nitrogens with zero attached hydrogens (tertiary/aromatic N) is 1. The summed E-state index contributed by atoms with van der Waals surface area (Å²) in [6.07, 6.45) is -3.53. The fourth-order valence-electron chi connectivity index (χ4n) is 0.622. The SMILES string of the molecule is CC(C)(C)N(C(=O)[O-])C(=O)[O-].[Na+].[Na+]. The fraction of sp³-hybridized carbons (Fsp3) is 0.667. The van der Waals surface area contributed by atoms with E-state index in [2.05, 4.69) is 0 Å². The van der Waals surface area contributed by atoms with E-state index in [-0.39, 0.29) is 64.0 Å². The van der Waals surface area contributed by atoms with E-state index in [0.29, 0.717) is 0 Å². The Morgan fingerprint density at radius 3 is 1.23 bits per heavy atom. The van der Waals surface area contributed by atoms with E-state index in [1.54, 1.807) is 0 Å². The number of carbonyl (C=O) groups is 2. The van der Waals surface area contributed by atoms with Gasteiger partial charge in [0.1, 0.15) is 12.2 Å². The molecular formula is C6H9NNa2O4. The minimum absolute atomic E-state index is 0. The van der Waals surface area contributed by atoms with Crippen molar-refractivity contribution in [1.29, 1.82) is 0 Å². The van der Waals surface area contributed by atoms with Crippen LogP contribution in [0.2, 0.25) is 0 Å². The molecule has 0 saturated carbocycles. The van der Waals surface area contributed by atoms with Gasteiger partial charge in [-0.25, -0.2) is 0 Å². The molecule has 0 fully saturated rings. The van der Waals surface area contributed by atoms with Gasteiger partial charge < -0.3 is 24.7 Å². The van der Waals surface area contributed by atoms with Gasteiger partial charge in [-0.15, -0.1) is 0 Å². The Morgan fingerprint density at radius 1 is 1.00 bits per heavy atom. The number of hydrogen-bond donors (Lipinski definition) is 0. The minimum Gasteiger partial charge on any atom is -0.530 e. The quantitative estimate of drug-likeness (QED) is 0.368. The van der Waals surface area contributed by atoms with Crippen molar-refractivity contribution in [2.75, 3.05) is 0 Å². The van der Waals surface area contributed by atoms with Gasteiger partial charge in [0.05, 0.1) is 0 Å². The summed E-state index contributed by atoms with van der Waals surface area (Å²) >= 11 is 0. The zero-order chi connectivity index (χ0) is 9.23. The summed E-state index contributed by atoms with van der Waals surface area (Å²) in [4.78, 5) is 20.5. The number of imide groups is 1. The van der Waals surface area contributed by atoms with Gasteiger partial charge in [0.2, 0.25) is 0 Å². The van der Waals surface area contributed by atoms with Gasteiger partial charge >= 0.3 is 59.1 Å². The van der Waals surface area contributed by atoms with Gasteiger partial charge in [-0.3, -0.25) is 0 Å². The molecule has 0 bridgehead atoms. The molecule has 0 atom stereocenters. The van der Waals surface area contributed by atoms with Crippen LogP contribution in [0.25, 0.3) is 0 Å². The summed E-state index contributed by atoms with van der Waals surface area (Å²) in [5, 5.41) is 20.4. The van der Waals surface area contributed by atoms with Crippen LogP contribution in [0, 0.1) is 0 Å². The van der Waals surface area contributed by atoms with Crippen molar-refractivity contribution in [3.8, 4) is 0 Å². The summed E-state index contributed by atoms with van der Waals surface area (Å²) in [5.41, 5.74) is -1.03. The predicted molar refractivity (Wildman–Crippen MR) is 32.4 cm³/mol. The maximum Gasteiger partial charge on any atom is 1.00 e. The monoisotopic (exact) mass is 205 g/mol. The van der Waals surface area contributed by atoms with E-state index in [0.717, 1.165) is 0 Å². The molecule has 13 heavy (non-hydrogen) atoms. The molecule has 0 rings (SSSR count). The first kappa shape index (κ1) is 19.3. The van der Waals surface area contributed by atoms with Crippen LogP contribution in [0.15, 0.2) is 0 Å². The molecule has 0 saturated heterocycles. The van der Waals surface area contributed by atoms with Crippen molar-refractivity contribution in [2.24, 2.45) is 0 Å². The van der Waals surface area contributed by atoms with Gasteiger partial charge in [0.15, 0.2) is 0 Å². The zero-order valence-corrected chi connectivity index (χ0v) is 12.6. The summed E-state index contributed by atoms with van der Waals surface area (Å²) in [6.45, 7) is 4.29. The van der Waals surface area contributed by atoms with Crippen LogP contribution in [-0.2, 0) is 0 Å². The molecule has 0 aliphatic heterocycles. The Hall–Kier alpha value is 0.740. The van der Waals surface area contributed by atoms with Gasteiger partial charge in [0.25, 0.3) is 0 Å². The average Bonchev–Trinajstić information content (AvgIpc) is 1.54. The number of carboxylic acid groups (broad SMARTS) is 2. The molecule has 0 heterocycles. The van der Waals surface area contributed by atoms with Crippen molar-refractivity contribution >= 4 is 12.2 Å². The molecular weight excluding hydrogens is 196 g/mol.